The lowest BCUT2D eigenvalue weighted by Gasteiger charge is -2.38. The van der Waals surface area contributed by atoms with Crippen LogP contribution in [0.5, 0.6) is 0 Å². The highest BCUT2D eigenvalue weighted by atomic mass is 32.1. The monoisotopic (exact) mass is 361 g/mol. The van der Waals surface area contributed by atoms with Crippen molar-refractivity contribution in [1.29, 1.82) is 0 Å². The Balaban J connectivity index is 1.60. The molecule has 2 aromatic heterocycles. The molecule has 0 N–H and O–H groups in total. The van der Waals surface area contributed by atoms with Gasteiger partial charge in [-0.2, -0.15) is 5.10 Å². The second-order valence-electron chi connectivity index (χ2n) is 7.36. The van der Waals surface area contributed by atoms with E-state index in [1.165, 1.54) is 4.68 Å². The molecule has 0 aliphatic carbocycles. The van der Waals surface area contributed by atoms with Crippen LogP contribution < -0.4 is 11.1 Å². The summed E-state index contributed by atoms with van der Waals surface area (Å²) in [5.74, 6) is 0.819. The summed E-state index contributed by atoms with van der Waals surface area (Å²) in [7, 11) is 0. The van der Waals surface area contributed by atoms with Crippen molar-refractivity contribution < 1.29 is 0 Å². The first-order valence-corrected chi connectivity index (χ1v) is 9.73. The zero-order valence-corrected chi connectivity index (χ0v) is 15.5. The first-order valence-electron chi connectivity index (χ1n) is 8.85. The van der Waals surface area contributed by atoms with Crippen LogP contribution >= 0.6 is 11.3 Å². The molecule has 0 radical (unpaired) electrons. The van der Waals surface area contributed by atoms with Crippen molar-refractivity contribution in [3.8, 4) is 0 Å². The van der Waals surface area contributed by atoms with Gasteiger partial charge in [-0.1, -0.05) is 0 Å². The van der Waals surface area contributed by atoms with E-state index in [0.29, 0.717) is 6.54 Å². The smallest absolute Gasteiger partial charge is 0.297 e. The van der Waals surface area contributed by atoms with Crippen LogP contribution in [0.15, 0.2) is 21.2 Å². The van der Waals surface area contributed by atoms with Gasteiger partial charge in [0.25, 0.3) is 0 Å². The second-order valence-corrected chi connectivity index (χ2v) is 8.34. The topological polar surface area (TPSA) is 73.0 Å². The molecule has 0 bridgehead atoms. The Hall–Kier alpha value is -1.80. The van der Waals surface area contributed by atoms with Crippen molar-refractivity contribution in [3.05, 3.63) is 43.1 Å². The molecule has 7 nitrogen and oxygen atoms in total. The van der Waals surface area contributed by atoms with Crippen molar-refractivity contribution in [2.45, 2.75) is 57.7 Å². The molecule has 2 aliphatic rings. The van der Waals surface area contributed by atoms with Gasteiger partial charge in [-0.3, -0.25) is 19.1 Å². The van der Waals surface area contributed by atoms with Crippen LogP contribution in [0.4, 0.5) is 0 Å². The maximum absolute atomic E-state index is 12.5. The molecule has 4 heterocycles. The molecule has 8 heteroatoms. The van der Waals surface area contributed by atoms with Gasteiger partial charge < -0.3 is 0 Å². The van der Waals surface area contributed by atoms with Crippen LogP contribution in [0.3, 0.4) is 0 Å². The highest BCUT2D eigenvalue weighted by molar-refractivity contribution is 7.09. The summed E-state index contributed by atoms with van der Waals surface area (Å²) in [4.78, 5) is 31.5. The van der Waals surface area contributed by atoms with Crippen molar-refractivity contribution in [2.24, 2.45) is 0 Å². The Labute approximate surface area is 149 Å². The number of aromatic nitrogens is 4. The van der Waals surface area contributed by atoms with E-state index in [9.17, 15) is 9.59 Å². The van der Waals surface area contributed by atoms with E-state index in [4.69, 9.17) is 0 Å². The quantitative estimate of drug-likeness (QED) is 0.772. The van der Waals surface area contributed by atoms with E-state index >= 15 is 0 Å². The fourth-order valence-corrected chi connectivity index (χ4v) is 4.69. The molecular formula is C17H23N5O2S. The van der Waals surface area contributed by atoms with E-state index in [1.807, 2.05) is 25.4 Å². The maximum Gasteiger partial charge on any atom is 0.332 e. The molecule has 0 amide bonds. The third kappa shape index (κ3) is 2.77. The number of nitrogens with zero attached hydrogens (tertiary/aromatic N) is 5. The molecule has 0 atom stereocenters. The molecule has 0 aromatic carbocycles. The molecule has 0 unspecified atom stereocenters. The highest BCUT2D eigenvalue weighted by Gasteiger charge is 2.44. The van der Waals surface area contributed by atoms with Crippen LogP contribution in [0.2, 0.25) is 0 Å². The maximum atomic E-state index is 12.5. The van der Waals surface area contributed by atoms with Crippen molar-refractivity contribution >= 4 is 11.3 Å². The van der Waals surface area contributed by atoms with Crippen LogP contribution in [0.25, 0.3) is 0 Å². The summed E-state index contributed by atoms with van der Waals surface area (Å²) in [5.41, 5.74) is -0.985. The van der Waals surface area contributed by atoms with Gasteiger partial charge in [0.15, 0.2) is 0 Å². The molecule has 1 spiro atoms. The predicted molar refractivity (Wildman–Crippen MR) is 96.1 cm³/mol. The summed E-state index contributed by atoms with van der Waals surface area (Å²) >= 11 is 1.69. The van der Waals surface area contributed by atoms with Crippen LogP contribution in [-0.2, 0) is 18.5 Å². The van der Waals surface area contributed by atoms with Gasteiger partial charge in [-0.25, -0.2) is 9.67 Å². The Morgan fingerprint density at radius 2 is 1.88 bits per heavy atom. The van der Waals surface area contributed by atoms with Gasteiger partial charge in [-0.05, 0) is 46.2 Å². The fraction of sp³-hybridized carbons (Fsp3) is 0.647. The normalized spacial score (nSPS) is 19.6. The Morgan fingerprint density at radius 1 is 1.16 bits per heavy atom. The molecule has 1 saturated heterocycles. The molecule has 134 valence electrons. The average molecular weight is 361 g/mol. The van der Waals surface area contributed by atoms with Crippen molar-refractivity contribution in [2.75, 3.05) is 13.1 Å². The minimum atomic E-state index is -0.503. The molecule has 25 heavy (non-hydrogen) atoms. The number of rotatable bonds is 3. The first-order chi connectivity index (χ1) is 12.0. The van der Waals surface area contributed by atoms with Gasteiger partial charge in [0.1, 0.15) is 10.8 Å². The molecular weight excluding hydrogens is 338 g/mol. The van der Waals surface area contributed by atoms with E-state index in [1.54, 1.807) is 15.9 Å². The van der Waals surface area contributed by atoms with Crippen LogP contribution in [-0.4, -0.2) is 37.3 Å². The Morgan fingerprint density at radius 3 is 2.52 bits per heavy atom. The molecule has 0 saturated carbocycles. The van der Waals surface area contributed by atoms with E-state index in [2.05, 4.69) is 15.0 Å². The summed E-state index contributed by atoms with van der Waals surface area (Å²) in [5, 5.41) is 7.78. The Bertz CT molecular complexity index is 875. The number of thiazole rings is 1. The molecule has 1 fully saturated rings. The van der Waals surface area contributed by atoms with Crippen LogP contribution in [0.1, 0.15) is 50.0 Å². The molecule has 2 aliphatic heterocycles. The number of hydrogen-bond donors (Lipinski definition) is 0. The highest BCUT2D eigenvalue weighted by Crippen LogP contribution is 2.41. The number of hydrogen-bond acceptors (Lipinski definition) is 6. The molecule has 4 rings (SSSR count). The first kappa shape index (κ1) is 16.7. The Kier molecular flexibility index (Phi) is 4.11. The summed E-state index contributed by atoms with van der Waals surface area (Å²) in [6.07, 6.45) is 4.70. The minimum absolute atomic E-state index is 0.0666. The fourth-order valence-electron chi connectivity index (χ4n) is 4.03. The summed E-state index contributed by atoms with van der Waals surface area (Å²) in [6.45, 7) is 7.22. The van der Waals surface area contributed by atoms with Crippen LogP contribution in [0, 0.1) is 0 Å². The largest absolute Gasteiger partial charge is 0.332 e. The lowest BCUT2D eigenvalue weighted by atomic mass is 9.77. The third-order valence-corrected chi connectivity index (χ3v) is 6.29. The zero-order valence-electron chi connectivity index (χ0n) is 14.6. The van der Waals surface area contributed by atoms with E-state index < -0.39 is 11.1 Å². The predicted octanol–water partition coefficient (Wildman–Crippen LogP) is 1.38. The standard InChI is InChI=1S/C17H23N5O2S/c1-12(2)22-15(24)14(23)21-9-5-17(16(21)19-22)3-7-20(8-4-17)11-13-18-6-10-25-13/h6,10,12H,3-5,7-9,11H2,1-2H3. The van der Waals surface area contributed by atoms with Gasteiger partial charge in [0.2, 0.25) is 0 Å². The van der Waals surface area contributed by atoms with Gasteiger partial charge in [0.05, 0.1) is 12.6 Å². The van der Waals surface area contributed by atoms with Crippen molar-refractivity contribution in [1.82, 2.24) is 24.2 Å². The second kappa shape index (κ2) is 6.17. The number of fused-ring (bicyclic) bond motifs is 2. The van der Waals surface area contributed by atoms with Gasteiger partial charge >= 0.3 is 11.1 Å². The zero-order chi connectivity index (χ0) is 17.6. The third-order valence-electron chi connectivity index (χ3n) is 5.53. The average Bonchev–Trinajstić information content (AvgIpc) is 3.22. The van der Waals surface area contributed by atoms with Gasteiger partial charge in [0, 0.05) is 23.5 Å². The van der Waals surface area contributed by atoms with Crippen molar-refractivity contribution in [3.63, 3.8) is 0 Å². The lowest BCUT2D eigenvalue weighted by Crippen LogP contribution is -2.47. The van der Waals surface area contributed by atoms with E-state index in [0.717, 1.165) is 49.7 Å². The number of likely N-dealkylation sites (tertiary alicyclic amines) is 1. The van der Waals surface area contributed by atoms with Gasteiger partial charge in [-0.15, -0.1) is 11.3 Å². The number of piperidine rings is 1. The summed E-state index contributed by atoms with van der Waals surface area (Å²) in [6, 6.07) is -0.103. The SMILES string of the molecule is CC(C)n1nc2n(c(=O)c1=O)CCC21CCN(Cc2nccs2)CC1. The summed E-state index contributed by atoms with van der Waals surface area (Å²) < 4.78 is 2.99. The van der Waals surface area contributed by atoms with E-state index in [-0.39, 0.29) is 11.5 Å². The minimum Gasteiger partial charge on any atom is -0.297 e. The molecule has 2 aromatic rings. The lowest BCUT2D eigenvalue weighted by molar-refractivity contribution is 0.148.